The van der Waals surface area contributed by atoms with E-state index >= 15 is 0 Å². The second kappa shape index (κ2) is 4.20. The fourth-order valence-corrected chi connectivity index (χ4v) is 1.62. The molecule has 1 aliphatic rings. The summed E-state index contributed by atoms with van der Waals surface area (Å²) in [7, 11) is 0. The van der Waals surface area contributed by atoms with Crippen LogP contribution in [0.4, 0.5) is 0 Å². The van der Waals surface area contributed by atoms with Crippen LogP contribution in [0.5, 0.6) is 0 Å². The van der Waals surface area contributed by atoms with Crippen LogP contribution in [0, 0.1) is 0 Å². The molecule has 4 N–H and O–H groups in total. The molecular weight excluding hydrogens is 198 g/mol. The number of amides is 2. The Balaban J connectivity index is 0.00000112. The normalized spacial score (nSPS) is 13.1. The van der Waals surface area contributed by atoms with E-state index in [9.17, 15) is 9.59 Å². The van der Waals surface area contributed by atoms with Crippen LogP contribution in [0.25, 0.3) is 0 Å². The Labute approximate surface area is 86.0 Å². The van der Waals surface area contributed by atoms with Crippen LogP contribution in [-0.2, 0) is 6.42 Å². The zero-order valence-electron chi connectivity index (χ0n) is 7.91. The minimum Gasteiger partial charge on any atom is -0.412 e. The third-order valence-corrected chi connectivity index (χ3v) is 2.23. The Hall–Kier alpha value is -1.72. The summed E-state index contributed by atoms with van der Waals surface area (Å²) in [5.74, 6) is -0.723. The van der Waals surface area contributed by atoms with Crippen molar-refractivity contribution >= 4 is 11.8 Å². The van der Waals surface area contributed by atoms with Crippen molar-refractivity contribution in [3.63, 3.8) is 0 Å². The van der Waals surface area contributed by atoms with Crippen LogP contribution >= 0.6 is 0 Å². The molecule has 1 aliphatic heterocycles. The number of hydrogen-bond acceptors (Lipinski definition) is 3. The molecule has 5 nitrogen and oxygen atoms in total. The second-order valence-corrected chi connectivity index (χ2v) is 3.10. The van der Waals surface area contributed by atoms with Gasteiger partial charge in [0.15, 0.2) is 0 Å². The van der Waals surface area contributed by atoms with Crippen LogP contribution in [0.1, 0.15) is 26.3 Å². The van der Waals surface area contributed by atoms with E-state index in [1.807, 2.05) is 0 Å². The van der Waals surface area contributed by atoms with Gasteiger partial charge in [0.25, 0.3) is 11.8 Å². The maximum Gasteiger partial charge on any atom is 0.259 e. The number of aliphatic hydroxyl groups excluding tert-OH is 1. The third-order valence-electron chi connectivity index (χ3n) is 2.23. The molecule has 0 unspecified atom stereocenters. The molecule has 0 saturated carbocycles. The summed E-state index contributed by atoms with van der Waals surface area (Å²) in [6, 6.07) is 5.06. The summed E-state index contributed by atoms with van der Waals surface area (Å²) in [5, 5.41) is 11.0. The van der Waals surface area contributed by atoms with E-state index in [4.69, 9.17) is 5.11 Å². The van der Waals surface area contributed by atoms with E-state index in [2.05, 4.69) is 5.32 Å². The first kappa shape index (κ1) is 11.4. The quantitative estimate of drug-likeness (QED) is 0.629. The molecule has 2 amide bonds. The molecule has 2 rings (SSSR count). The summed E-state index contributed by atoms with van der Waals surface area (Å²) in [5.41, 5.74) is 1.53. The van der Waals surface area contributed by atoms with Gasteiger partial charge in [-0.1, -0.05) is 12.1 Å². The average Bonchev–Trinajstić information content (AvgIpc) is 2.44. The highest BCUT2D eigenvalue weighted by atomic mass is 16.3. The zero-order valence-corrected chi connectivity index (χ0v) is 7.91. The SMILES string of the molecule is O.O=C1NC(=O)c2c(CCO)cccc21. The van der Waals surface area contributed by atoms with Crippen molar-refractivity contribution in [1.29, 1.82) is 0 Å². The highest BCUT2D eigenvalue weighted by Crippen LogP contribution is 2.20. The van der Waals surface area contributed by atoms with Crippen molar-refractivity contribution in [1.82, 2.24) is 5.32 Å². The molecule has 1 aromatic rings. The summed E-state index contributed by atoms with van der Waals surface area (Å²) in [4.78, 5) is 22.6. The van der Waals surface area contributed by atoms with Gasteiger partial charge in [0.1, 0.15) is 0 Å². The van der Waals surface area contributed by atoms with Gasteiger partial charge in [0.05, 0.1) is 11.1 Å². The van der Waals surface area contributed by atoms with E-state index in [0.29, 0.717) is 23.1 Å². The van der Waals surface area contributed by atoms with Gasteiger partial charge < -0.3 is 10.6 Å². The van der Waals surface area contributed by atoms with E-state index in [1.165, 1.54) is 0 Å². The number of fused-ring (bicyclic) bond motifs is 1. The van der Waals surface area contributed by atoms with E-state index in [-0.39, 0.29) is 23.9 Å². The van der Waals surface area contributed by atoms with Gasteiger partial charge in [-0.15, -0.1) is 0 Å². The van der Waals surface area contributed by atoms with Crippen molar-refractivity contribution in [2.45, 2.75) is 6.42 Å². The molecule has 0 spiro atoms. The highest BCUT2D eigenvalue weighted by Gasteiger charge is 2.28. The minimum absolute atomic E-state index is 0. The Morgan fingerprint density at radius 3 is 2.60 bits per heavy atom. The molecule has 5 heteroatoms. The topological polar surface area (TPSA) is 97.9 Å². The number of rotatable bonds is 2. The van der Waals surface area contributed by atoms with E-state index < -0.39 is 0 Å². The molecule has 0 atom stereocenters. The molecule has 0 saturated heterocycles. The van der Waals surface area contributed by atoms with Crippen LogP contribution in [-0.4, -0.2) is 29.0 Å². The molecule has 0 aromatic heterocycles. The number of imide groups is 1. The number of aliphatic hydroxyl groups is 1. The molecule has 0 aliphatic carbocycles. The van der Waals surface area contributed by atoms with Crippen LogP contribution < -0.4 is 5.32 Å². The number of hydrogen-bond donors (Lipinski definition) is 2. The maximum absolute atomic E-state index is 11.4. The lowest BCUT2D eigenvalue weighted by atomic mass is 10.0. The van der Waals surface area contributed by atoms with Crippen molar-refractivity contribution in [3.8, 4) is 0 Å². The Kier molecular flexibility index (Phi) is 3.18. The molecule has 1 heterocycles. The molecule has 0 bridgehead atoms. The summed E-state index contributed by atoms with van der Waals surface area (Å²) in [6.45, 7) is -0.0298. The lowest BCUT2D eigenvalue weighted by molar-refractivity contribution is 0.0879. The number of benzene rings is 1. The summed E-state index contributed by atoms with van der Waals surface area (Å²) < 4.78 is 0. The van der Waals surface area contributed by atoms with Gasteiger partial charge in [0.2, 0.25) is 0 Å². The van der Waals surface area contributed by atoms with Gasteiger partial charge in [-0.25, -0.2) is 0 Å². The number of nitrogens with one attached hydrogen (secondary N) is 1. The standard InChI is InChI=1S/C10H9NO3.H2O/c12-5-4-6-2-1-3-7-8(6)10(14)11-9(7)13;/h1-3,12H,4-5H2,(H,11,13,14);1H2. The lowest BCUT2D eigenvalue weighted by Gasteiger charge is -2.02. The largest absolute Gasteiger partial charge is 0.412 e. The Morgan fingerprint density at radius 1 is 1.20 bits per heavy atom. The predicted molar refractivity (Wildman–Crippen MR) is 52.6 cm³/mol. The molecule has 1 aromatic carbocycles. The first-order valence-corrected chi connectivity index (χ1v) is 4.32. The molecule has 0 fully saturated rings. The van der Waals surface area contributed by atoms with Crippen LogP contribution in [0.3, 0.4) is 0 Å². The first-order valence-electron chi connectivity index (χ1n) is 4.32. The minimum atomic E-state index is -0.367. The second-order valence-electron chi connectivity index (χ2n) is 3.10. The van der Waals surface area contributed by atoms with Crippen molar-refractivity contribution in [2.24, 2.45) is 0 Å². The van der Waals surface area contributed by atoms with Crippen LogP contribution in [0.15, 0.2) is 18.2 Å². The third kappa shape index (κ3) is 1.74. The van der Waals surface area contributed by atoms with Gasteiger partial charge >= 0.3 is 0 Å². The van der Waals surface area contributed by atoms with Crippen molar-refractivity contribution in [3.05, 3.63) is 34.9 Å². The van der Waals surface area contributed by atoms with Crippen LogP contribution in [0.2, 0.25) is 0 Å². The molecule has 15 heavy (non-hydrogen) atoms. The predicted octanol–water partition coefficient (Wildman–Crippen LogP) is -0.720. The molecule has 80 valence electrons. The smallest absolute Gasteiger partial charge is 0.259 e. The maximum atomic E-state index is 11.4. The van der Waals surface area contributed by atoms with Gasteiger partial charge in [-0.2, -0.15) is 0 Å². The summed E-state index contributed by atoms with van der Waals surface area (Å²) in [6.07, 6.45) is 0.393. The Morgan fingerprint density at radius 2 is 1.93 bits per heavy atom. The van der Waals surface area contributed by atoms with E-state index in [1.54, 1.807) is 18.2 Å². The monoisotopic (exact) mass is 209 g/mol. The molecule has 0 radical (unpaired) electrons. The Bertz CT molecular complexity index is 414. The van der Waals surface area contributed by atoms with Crippen molar-refractivity contribution in [2.75, 3.05) is 6.61 Å². The fraction of sp³-hybridized carbons (Fsp3) is 0.200. The highest BCUT2D eigenvalue weighted by molar-refractivity contribution is 6.22. The number of carbonyl (C=O) groups excluding carboxylic acids is 2. The van der Waals surface area contributed by atoms with Gasteiger partial charge in [0, 0.05) is 6.61 Å². The fourth-order valence-electron chi connectivity index (χ4n) is 1.62. The van der Waals surface area contributed by atoms with Gasteiger partial charge in [-0.05, 0) is 18.1 Å². The van der Waals surface area contributed by atoms with E-state index in [0.717, 1.165) is 0 Å². The lowest BCUT2D eigenvalue weighted by Crippen LogP contribution is -2.20. The number of carbonyl (C=O) groups is 2. The molecular formula is C10H11NO4. The zero-order chi connectivity index (χ0) is 10.1. The van der Waals surface area contributed by atoms with Gasteiger partial charge in [-0.3, -0.25) is 14.9 Å². The summed E-state index contributed by atoms with van der Waals surface area (Å²) >= 11 is 0. The first-order chi connectivity index (χ1) is 6.74. The average molecular weight is 209 g/mol. The van der Waals surface area contributed by atoms with Crippen molar-refractivity contribution < 1.29 is 20.2 Å².